The van der Waals surface area contributed by atoms with E-state index in [1.54, 1.807) is 11.4 Å². The lowest BCUT2D eigenvalue weighted by molar-refractivity contribution is -0.121. The molecule has 5 nitrogen and oxygen atoms in total. The maximum Gasteiger partial charge on any atom is 0.252 e. The lowest BCUT2D eigenvalue weighted by Crippen LogP contribution is -2.32. The second-order valence-electron chi connectivity index (χ2n) is 6.08. The second kappa shape index (κ2) is 10.3. The molecule has 0 radical (unpaired) electrons. The number of carbonyl (C=O) groups excluding carboxylic acids is 2. The minimum Gasteiger partial charge on any atom is -0.491 e. The highest BCUT2D eigenvalue weighted by Gasteiger charge is 2.08. The van der Waals surface area contributed by atoms with E-state index in [2.05, 4.69) is 10.6 Å². The molecule has 2 N–H and O–H groups in total. The number of thiophene rings is 1. The molecule has 2 aromatic carbocycles. The standard InChI is InChI=1S/C22H22N2O3S/c25-21(10-12-24-22(26)18-11-15-28-16-18)23-13-14-27-20-9-5-4-8-19(20)17-6-2-1-3-7-17/h1-9,11,15-16H,10,12-14H2,(H,23,25)(H,24,26). The van der Waals surface area contributed by atoms with Crippen LogP contribution in [0.25, 0.3) is 11.1 Å². The Morgan fingerprint density at radius 3 is 2.46 bits per heavy atom. The van der Waals surface area contributed by atoms with Crippen molar-refractivity contribution in [3.8, 4) is 16.9 Å². The zero-order valence-corrected chi connectivity index (χ0v) is 16.2. The van der Waals surface area contributed by atoms with Gasteiger partial charge in [-0.05, 0) is 23.1 Å². The molecule has 0 bridgehead atoms. The second-order valence-corrected chi connectivity index (χ2v) is 6.86. The molecule has 6 heteroatoms. The number of amides is 2. The van der Waals surface area contributed by atoms with Crippen LogP contribution in [0.4, 0.5) is 0 Å². The Bertz CT molecular complexity index is 895. The summed E-state index contributed by atoms with van der Waals surface area (Å²) in [6.07, 6.45) is 0.233. The third-order valence-electron chi connectivity index (χ3n) is 4.07. The van der Waals surface area contributed by atoms with Crippen LogP contribution in [0.3, 0.4) is 0 Å². The number of rotatable bonds is 9. The molecule has 0 unspecified atom stereocenters. The van der Waals surface area contributed by atoms with Crippen molar-refractivity contribution < 1.29 is 14.3 Å². The van der Waals surface area contributed by atoms with Crippen LogP contribution in [0, 0.1) is 0 Å². The maximum absolute atomic E-state index is 11.9. The van der Waals surface area contributed by atoms with Gasteiger partial charge >= 0.3 is 0 Å². The van der Waals surface area contributed by atoms with Crippen LogP contribution in [0.15, 0.2) is 71.4 Å². The molecule has 0 fully saturated rings. The van der Waals surface area contributed by atoms with Gasteiger partial charge in [0, 0.05) is 29.5 Å². The highest BCUT2D eigenvalue weighted by molar-refractivity contribution is 7.08. The van der Waals surface area contributed by atoms with E-state index in [0.29, 0.717) is 25.3 Å². The molecule has 0 aliphatic carbocycles. The normalized spacial score (nSPS) is 10.3. The fourth-order valence-corrected chi connectivity index (χ4v) is 3.31. The SMILES string of the molecule is O=C(CCNC(=O)c1ccsc1)NCCOc1ccccc1-c1ccccc1. The molecule has 144 valence electrons. The average Bonchev–Trinajstić information content (AvgIpc) is 3.27. The largest absolute Gasteiger partial charge is 0.491 e. The van der Waals surface area contributed by atoms with Crippen LogP contribution in [0.2, 0.25) is 0 Å². The van der Waals surface area contributed by atoms with Crippen LogP contribution in [-0.4, -0.2) is 31.5 Å². The van der Waals surface area contributed by atoms with Crippen LogP contribution in [0.5, 0.6) is 5.75 Å². The molecule has 0 saturated heterocycles. The van der Waals surface area contributed by atoms with Gasteiger partial charge in [0.25, 0.3) is 5.91 Å². The molecule has 2 amide bonds. The fourth-order valence-electron chi connectivity index (χ4n) is 2.67. The number of carbonyl (C=O) groups is 2. The van der Waals surface area contributed by atoms with E-state index < -0.39 is 0 Å². The summed E-state index contributed by atoms with van der Waals surface area (Å²) in [6, 6.07) is 19.6. The summed E-state index contributed by atoms with van der Waals surface area (Å²) in [7, 11) is 0. The van der Waals surface area contributed by atoms with Gasteiger partial charge in [0.05, 0.1) is 6.54 Å². The Kier molecular flexibility index (Phi) is 7.21. The molecule has 1 aromatic heterocycles. The first-order valence-corrected chi connectivity index (χ1v) is 10.0. The first-order chi connectivity index (χ1) is 13.7. The van der Waals surface area contributed by atoms with Gasteiger partial charge in [-0.2, -0.15) is 11.3 Å². The van der Waals surface area contributed by atoms with Gasteiger partial charge in [-0.25, -0.2) is 0 Å². The highest BCUT2D eigenvalue weighted by Crippen LogP contribution is 2.29. The lowest BCUT2D eigenvalue weighted by atomic mass is 10.1. The lowest BCUT2D eigenvalue weighted by Gasteiger charge is -2.12. The van der Waals surface area contributed by atoms with Crippen molar-refractivity contribution in [2.45, 2.75) is 6.42 Å². The van der Waals surface area contributed by atoms with Gasteiger partial charge in [0.1, 0.15) is 12.4 Å². The van der Waals surface area contributed by atoms with E-state index in [-0.39, 0.29) is 18.2 Å². The van der Waals surface area contributed by atoms with E-state index in [1.807, 2.05) is 60.0 Å². The molecule has 0 atom stereocenters. The molecule has 3 aromatic rings. The van der Waals surface area contributed by atoms with E-state index in [9.17, 15) is 9.59 Å². The van der Waals surface area contributed by atoms with Crippen LogP contribution in [-0.2, 0) is 4.79 Å². The number of hydrogen-bond donors (Lipinski definition) is 2. The number of nitrogens with one attached hydrogen (secondary N) is 2. The van der Waals surface area contributed by atoms with E-state index in [4.69, 9.17) is 4.74 Å². The van der Waals surface area contributed by atoms with Crippen LogP contribution in [0.1, 0.15) is 16.8 Å². The number of benzene rings is 2. The van der Waals surface area contributed by atoms with Gasteiger partial charge in [-0.1, -0.05) is 48.5 Å². The average molecular weight is 394 g/mol. The Labute approximate surface area is 168 Å². The molecule has 0 spiro atoms. The summed E-state index contributed by atoms with van der Waals surface area (Å²) in [4.78, 5) is 23.7. The van der Waals surface area contributed by atoms with Gasteiger partial charge in [-0.3, -0.25) is 9.59 Å². The number of ether oxygens (including phenoxy) is 1. The minimum absolute atomic E-state index is 0.120. The maximum atomic E-state index is 11.9. The van der Waals surface area contributed by atoms with Crippen LogP contribution >= 0.6 is 11.3 Å². The fraction of sp³-hybridized carbons (Fsp3) is 0.182. The summed E-state index contributed by atoms with van der Waals surface area (Å²) < 4.78 is 5.85. The van der Waals surface area contributed by atoms with Crippen molar-refractivity contribution in [2.24, 2.45) is 0 Å². The topological polar surface area (TPSA) is 67.4 Å². The Morgan fingerprint density at radius 2 is 1.68 bits per heavy atom. The van der Waals surface area contributed by atoms with Crippen molar-refractivity contribution in [1.29, 1.82) is 0 Å². The van der Waals surface area contributed by atoms with E-state index in [1.165, 1.54) is 11.3 Å². The predicted octanol–water partition coefficient (Wildman–Crippen LogP) is 3.73. The molecular weight excluding hydrogens is 372 g/mol. The third kappa shape index (κ3) is 5.69. The quantitative estimate of drug-likeness (QED) is 0.544. The third-order valence-corrected chi connectivity index (χ3v) is 4.76. The Hall–Kier alpha value is -3.12. The zero-order chi connectivity index (χ0) is 19.6. The molecule has 0 aliphatic rings. The predicted molar refractivity (Wildman–Crippen MR) is 112 cm³/mol. The van der Waals surface area contributed by atoms with Gasteiger partial charge in [0.2, 0.25) is 5.91 Å². The summed E-state index contributed by atoms with van der Waals surface area (Å²) in [5.74, 6) is 0.506. The van der Waals surface area contributed by atoms with Gasteiger partial charge in [0.15, 0.2) is 0 Å². The molecule has 1 heterocycles. The summed E-state index contributed by atoms with van der Waals surface area (Å²) >= 11 is 1.46. The zero-order valence-electron chi connectivity index (χ0n) is 15.4. The summed E-state index contributed by atoms with van der Waals surface area (Å²) in [6.45, 7) is 1.08. The van der Waals surface area contributed by atoms with Gasteiger partial charge < -0.3 is 15.4 Å². The smallest absolute Gasteiger partial charge is 0.252 e. The molecule has 3 rings (SSSR count). The van der Waals surface area contributed by atoms with E-state index in [0.717, 1.165) is 16.9 Å². The number of hydrogen-bond acceptors (Lipinski definition) is 4. The Morgan fingerprint density at radius 1 is 0.893 bits per heavy atom. The number of para-hydroxylation sites is 1. The first-order valence-electron chi connectivity index (χ1n) is 9.08. The molecule has 0 saturated carbocycles. The van der Waals surface area contributed by atoms with Crippen molar-refractivity contribution in [3.05, 3.63) is 77.0 Å². The van der Waals surface area contributed by atoms with Crippen molar-refractivity contribution in [2.75, 3.05) is 19.7 Å². The summed E-state index contributed by atoms with van der Waals surface area (Å²) in [5, 5.41) is 9.16. The molecule has 28 heavy (non-hydrogen) atoms. The summed E-state index contributed by atoms with van der Waals surface area (Å²) in [5.41, 5.74) is 2.73. The van der Waals surface area contributed by atoms with Crippen molar-refractivity contribution >= 4 is 23.2 Å². The van der Waals surface area contributed by atoms with Crippen LogP contribution < -0.4 is 15.4 Å². The first kappa shape index (κ1) is 19.6. The molecule has 0 aliphatic heterocycles. The molecular formula is C22H22N2O3S. The Balaban J connectivity index is 1.38. The van der Waals surface area contributed by atoms with E-state index >= 15 is 0 Å². The minimum atomic E-state index is -0.157. The van der Waals surface area contributed by atoms with Crippen molar-refractivity contribution in [1.82, 2.24) is 10.6 Å². The van der Waals surface area contributed by atoms with Crippen molar-refractivity contribution in [3.63, 3.8) is 0 Å². The van der Waals surface area contributed by atoms with Gasteiger partial charge in [-0.15, -0.1) is 0 Å². The highest BCUT2D eigenvalue weighted by atomic mass is 32.1. The monoisotopic (exact) mass is 394 g/mol.